The van der Waals surface area contributed by atoms with E-state index < -0.39 is 6.09 Å². The number of carbonyl (C=O) groups is 1. The summed E-state index contributed by atoms with van der Waals surface area (Å²) in [5.74, 6) is 0.340. The first-order valence-corrected chi connectivity index (χ1v) is 8.35. The number of aromatic nitrogens is 2. The number of nitrogens with one attached hydrogen (secondary N) is 1. The predicted molar refractivity (Wildman–Crippen MR) is 91.8 cm³/mol. The Morgan fingerprint density at radius 2 is 2.00 bits per heavy atom. The lowest BCUT2D eigenvalue weighted by Crippen LogP contribution is -2.52. The summed E-state index contributed by atoms with van der Waals surface area (Å²) < 4.78 is 5.10. The molecule has 2 heterocycles. The fourth-order valence-corrected chi connectivity index (χ4v) is 3.44. The minimum atomic E-state index is -1.03. The van der Waals surface area contributed by atoms with Gasteiger partial charge in [0.1, 0.15) is 0 Å². The SMILES string of the molecule is O=C(O)N(c1nc2cc(Sc3ccccc3)ccc2[nH]1)C1COC1. The number of hydrogen-bond acceptors (Lipinski definition) is 4. The van der Waals surface area contributed by atoms with Crippen molar-refractivity contribution in [3.05, 3.63) is 48.5 Å². The zero-order valence-electron chi connectivity index (χ0n) is 12.7. The molecule has 0 bridgehead atoms. The minimum Gasteiger partial charge on any atom is -0.465 e. The van der Waals surface area contributed by atoms with Gasteiger partial charge in [-0.25, -0.2) is 14.7 Å². The first-order valence-electron chi connectivity index (χ1n) is 7.53. The number of nitrogens with zero attached hydrogens (tertiary/aromatic N) is 2. The van der Waals surface area contributed by atoms with Crippen LogP contribution in [0.1, 0.15) is 0 Å². The third kappa shape index (κ3) is 2.83. The second kappa shape index (κ2) is 6.18. The zero-order valence-corrected chi connectivity index (χ0v) is 13.5. The molecule has 0 saturated carbocycles. The molecule has 2 N–H and O–H groups in total. The Labute approximate surface area is 142 Å². The molecule has 1 saturated heterocycles. The standard InChI is InChI=1S/C17H15N3O3S/c21-17(22)20(11-9-23-10-11)16-18-14-7-6-13(8-15(14)19-16)24-12-4-2-1-3-5-12/h1-8,11H,9-10H2,(H,18,19)(H,21,22). The normalized spacial score (nSPS) is 14.5. The maximum atomic E-state index is 11.5. The molecule has 1 aliphatic heterocycles. The monoisotopic (exact) mass is 341 g/mol. The fourth-order valence-electron chi connectivity index (χ4n) is 2.57. The molecule has 24 heavy (non-hydrogen) atoms. The molecule has 6 nitrogen and oxygen atoms in total. The van der Waals surface area contributed by atoms with Gasteiger partial charge in [0, 0.05) is 9.79 Å². The van der Waals surface area contributed by atoms with Crippen LogP contribution in [0.4, 0.5) is 10.7 Å². The van der Waals surface area contributed by atoms with Gasteiger partial charge < -0.3 is 14.8 Å². The summed E-state index contributed by atoms with van der Waals surface area (Å²) in [6.07, 6.45) is -1.03. The van der Waals surface area contributed by atoms with Crippen LogP contribution in [-0.2, 0) is 4.74 Å². The van der Waals surface area contributed by atoms with Crippen molar-refractivity contribution in [2.24, 2.45) is 0 Å². The van der Waals surface area contributed by atoms with Gasteiger partial charge in [-0.1, -0.05) is 30.0 Å². The maximum Gasteiger partial charge on any atom is 0.414 e. The Kier molecular flexibility index (Phi) is 3.87. The number of imidazole rings is 1. The molecule has 0 radical (unpaired) electrons. The van der Waals surface area contributed by atoms with E-state index in [2.05, 4.69) is 9.97 Å². The van der Waals surface area contributed by atoms with Gasteiger partial charge in [0.25, 0.3) is 0 Å². The van der Waals surface area contributed by atoms with E-state index >= 15 is 0 Å². The number of benzene rings is 2. The van der Waals surface area contributed by atoms with Gasteiger partial charge in [0.15, 0.2) is 0 Å². The number of rotatable bonds is 4. The van der Waals surface area contributed by atoms with Crippen molar-refractivity contribution < 1.29 is 14.6 Å². The molecule has 4 rings (SSSR count). The van der Waals surface area contributed by atoms with Crippen LogP contribution in [0.5, 0.6) is 0 Å². The molecule has 1 fully saturated rings. The van der Waals surface area contributed by atoms with E-state index in [1.54, 1.807) is 11.8 Å². The lowest BCUT2D eigenvalue weighted by Gasteiger charge is -2.33. The van der Waals surface area contributed by atoms with Gasteiger partial charge in [0.2, 0.25) is 5.95 Å². The van der Waals surface area contributed by atoms with Crippen LogP contribution in [0.25, 0.3) is 11.0 Å². The number of anilines is 1. The van der Waals surface area contributed by atoms with Crippen LogP contribution < -0.4 is 4.90 Å². The smallest absolute Gasteiger partial charge is 0.414 e. The van der Waals surface area contributed by atoms with E-state index in [4.69, 9.17) is 4.74 Å². The highest BCUT2D eigenvalue weighted by atomic mass is 32.2. The number of carboxylic acid groups (broad SMARTS) is 1. The van der Waals surface area contributed by atoms with Gasteiger partial charge >= 0.3 is 6.09 Å². The fraction of sp³-hybridized carbons (Fsp3) is 0.176. The molecule has 0 aliphatic carbocycles. The van der Waals surface area contributed by atoms with Gasteiger partial charge in [-0.2, -0.15) is 0 Å². The maximum absolute atomic E-state index is 11.5. The Bertz CT molecular complexity index is 877. The van der Waals surface area contributed by atoms with E-state index in [0.717, 1.165) is 20.8 Å². The van der Waals surface area contributed by atoms with Gasteiger partial charge in [0.05, 0.1) is 30.3 Å². The van der Waals surface area contributed by atoms with Crippen LogP contribution >= 0.6 is 11.8 Å². The van der Waals surface area contributed by atoms with E-state index in [1.165, 1.54) is 4.90 Å². The molecular weight excluding hydrogens is 326 g/mol. The highest BCUT2D eigenvalue weighted by Crippen LogP contribution is 2.30. The van der Waals surface area contributed by atoms with E-state index in [1.807, 2.05) is 48.5 Å². The molecule has 2 aromatic carbocycles. The Hall–Kier alpha value is -2.51. The Morgan fingerprint density at radius 1 is 1.21 bits per heavy atom. The molecule has 7 heteroatoms. The second-order valence-corrected chi connectivity index (χ2v) is 6.65. The number of ether oxygens (including phenoxy) is 1. The van der Waals surface area contributed by atoms with Gasteiger partial charge in [-0.15, -0.1) is 0 Å². The lowest BCUT2D eigenvalue weighted by molar-refractivity contribution is 0.00850. The first kappa shape index (κ1) is 15.0. The molecule has 1 aliphatic rings. The minimum absolute atomic E-state index is 0.179. The van der Waals surface area contributed by atoms with Crippen LogP contribution in [-0.4, -0.2) is 40.4 Å². The summed E-state index contributed by atoms with van der Waals surface area (Å²) in [7, 11) is 0. The summed E-state index contributed by atoms with van der Waals surface area (Å²) in [4.78, 5) is 22.5. The largest absolute Gasteiger partial charge is 0.465 e. The molecule has 0 atom stereocenters. The van der Waals surface area contributed by atoms with Crippen molar-refractivity contribution in [2.75, 3.05) is 18.1 Å². The molecule has 0 unspecified atom stereocenters. The quantitative estimate of drug-likeness (QED) is 0.758. The molecule has 0 spiro atoms. The molecular formula is C17H15N3O3S. The number of aromatic amines is 1. The van der Waals surface area contributed by atoms with Crippen molar-refractivity contribution in [1.82, 2.24) is 9.97 Å². The van der Waals surface area contributed by atoms with E-state index in [0.29, 0.717) is 19.2 Å². The van der Waals surface area contributed by atoms with Crippen molar-refractivity contribution in [1.29, 1.82) is 0 Å². The van der Waals surface area contributed by atoms with Gasteiger partial charge in [-0.05, 0) is 30.3 Å². The Balaban J connectivity index is 1.64. The third-order valence-electron chi connectivity index (χ3n) is 3.84. The zero-order chi connectivity index (χ0) is 16.5. The number of amides is 1. The van der Waals surface area contributed by atoms with Crippen molar-refractivity contribution in [3.8, 4) is 0 Å². The van der Waals surface area contributed by atoms with E-state index in [-0.39, 0.29) is 6.04 Å². The lowest BCUT2D eigenvalue weighted by atomic mass is 10.2. The number of fused-ring (bicyclic) bond motifs is 1. The van der Waals surface area contributed by atoms with Crippen molar-refractivity contribution >= 4 is 34.8 Å². The molecule has 122 valence electrons. The predicted octanol–water partition coefficient (Wildman–Crippen LogP) is 3.60. The summed E-state index contributed by atoms with van der Waals surface area (Å²) >= 11 is 1.64. The molecule has 3 aromatic rings. The highest BCUT2D eigenvalue weighted by Gasteiger charge is 2.33. The summed E-state index contributed by atoms with van der Waals surface area (Å²) in [6.45, 7) is 0.802. The Morgan fingerprint density at radius 3 is 2.67 bits per heavy atom. The highest BCUT2D eigenvalue weighted by molar-refractivity contribution is 7.99. The summed E-state index contributed by atoms with van der Waals surface area (Å²) in [5.41, 5.74) is 1.56. The number of H-pyrrole nitrogens is 1. The molecule has 1 amide bonds. The van der Waals surface area contributed by atoms with Crippen LogP contribution in [0.15, 0.2) is 58.3 Å². The van der Waals surface area contributed by atoms with Crippen LogP contribution in [0, 0.1) is 0 Å². The second-order valence-electron chi connectivity index (χ2n) is 5.50. The topological polar surface area (TPSA) is 78.5 Å². The average molecular weight is 341 g/mol. The van der Waals surface area contributed by atoms with Crippen LogP contribution in [0.3, 0.4) is 0 Å². The first-order chi connectivity index (χ1) is 11.7. The van der Waals surface area contributed by atoms with Crippen LogP contribution in [0.2, 0.25) is 0 Å². The average Bonchev–Trinajstić information content (AvgIpc) is 2.94. The third-order valence-corrected chi connectivity index (χ3v) is 4.84. The number of hydrogen-bond donors (Lipinski definition) is 2. The van der Waals surface area contributed by atoms with Crippen molar-refractivity contribution in [2.45, 2.75) is 15.8 Å². The van der Waals surface area contributed by atoms with Gasteiger partial charge in [-0.3, -0.25) is 0 Å². The summed E-state index contributed by atoms with van der Waals surface area (Å²) in [6, 6.07) is 15.8. The molecule has 1 aromatic heterocycles. The summed E-state index contributed by atoms with van der Waals surface area (Å²) in [5, 5.41) is 9.44. The van der Waals surface area contributed by atoms with E-state index in [9.17, 15) is 9.90 Å². The van der Waals surface area contributed by atoms with Crippen molar-refractivity contribution in [3.63, 3.8) is 0 Å².